The zero-order valence-electron chi connectivity index (χ0n) is 21.1. The molecular formula is C30H25N3O5. The molecular weight excluding hydrogens is 482 g/mol. The summed E-state index contributed by atoms with van der Waals surface area (Å²) < 4.78 is 6.81. The fraction of sp³-hybridized carbons (Fsp3) is 0.133. The van der Waals surface area contributed by atoms with Crippen LogP contribution in [0.2, 0.25) is 0 Å². The predicted molar refractivity (Wildman–Crippen MR) is 144 cm³/mol. The Morgan fingerprint density at radius 1 is 0.947 bits per heavy atom. The number of fused-ring (bicyclic) bond motifs is 1. The van der Waals surface area contributed by atoms with E-state index in [9.17, 15) is 19.2 Å². The van der Waals surface area contributed by atoms with Gasteiger partial charge in [0.2, 0.25) is 0 Å². The number of aryl methyl sites for hydroxylation is 2. The molecule has 0 aliphatic carbocycles. The lowest BCUT2D eigenvalue weighted by atomic mass is 10.0. The zero-order chi connectivity index (χ0) is 27.0. The van der Waals surface area contributed by atoms with Crippen LogP contribution in [0.5, 0.6) is 0 Å². The van der Waals surface area contributed by atoms with Crippen molar-refractivity contribution in [2.75, 3.05) is 12.0 Å². The number of hydrogen-bond donors (Lipinski definition) is 1. The molecule has 1 aromatic heterocycles. The van der Waals surface area contributed by atoms with Crippen LogP contribution in [0.1, 0.15) is 32.6 Å². The van der Waals surface area contributed by atoms with E-state index in [1.807, 2.05) is 61.0 Å². The van der Waals surface area contributed by atoms with Crippen LogP contribution in [-0.4, -0.2) is 35.5 Å². The molecule has 0 unspecified atom stereocenters. The lowest BCUT2D eigenvalue weighted by Gasteiger charge is -2.26. The van der Waals surface area contributed by atoms with E-state index in [1.165, 1.54) is 13.2 Å². The second-order valence-electron chi connectivity index (χ2n) is 9.23. The maximum absolute atomic E-state index is 13.5. The molecule has 3 aromatic carbocycles. The van der Waals surface area contributed by atoms with E-state index >= 15 is 0 Å². The van der Waals surface area contributed by atoms with Gasteiger partial charge in [0.15, 0.2) is 0 Å². The van der Waals surface area contributed by atoms with Crippen LogP contribution in [-0.2, 0) is 20.9 Å². The fourth-order valence-electron chi connectivity index (χ4n) is 4.76. The van der Waals surface area contributed by atoms with Gasteiger partial charge in [-0.2, -0.15) is 0 Å². The second-order valence-corrected chi connectivity index (χ2v) is 9.23. The number of carbonyl (C=O) groups is 4. The van der Waals surface area contributed by atoms with Crippen LogP contribution in [0.4, 0.5) is 10.5 Å². The second kappa shape index (κ2) is 9.82. The quantitative estimate of drug-likeness (QED) is 0.239. The first-order valence-corrected chi connectivity index (χ1v) is 12.0. The highest BCUT2D eigenvalue weighted by Crippen LogP contribution is 2.28. The van der Waals surface area contributed by atoms with Crippen molar-refractivity contribution in [3.05, 3.63) is 106 Å². The lowest BCUT2D eigenvalue weighted by molar-refractivity contribution is -0.122. The number of methoxy groups -OCH3 is 1. The first-order chi connectivity index (χ1) is 18.2. The normalized spacial score (nSPS) is 14.8. The SMILES string of the molecule is COC(=O)c1cccc(Cn2cc(/C=C3\C(=O)NC(=O)N(c4cc(C)cc(C)c4)C3=O)c3ccccc32)c1. The molecule has 4 aromatic rings. The van der Waals surface area contributed by atoms with Crippen molar-refractivity contribution in [1.29, 1.82) is 0 Å². The molecule has 0 radical (unpaired) electrons. The molecule has 1 N–H and O–H groups in total. The number of rotatable bonds is 5. The van der Waals surface area contributed by atoms with Crippen molar-refractivity contribution < 1.29 is 23.9 Å². The van der Waals surface area contributed by atoms with E-state index in [-0.39, 0.29) is 5.57 Å². The summed E-state index contributed by atoms with van der Waals surface area (Å²) in [6, 6.07) is 19.4. The topological polar surface area (TPSA) is 97.7 Å². The highest BCUT2D eigenvalue weighted by atomic mass is 16.5. The molecule has 4 amide bonds. The van der Waals surface area contributed by atoms with Gasteiger partial charge in [-0.15, -0.1) is 0 Å². The van der Waals surface area contributed by atoms with Gasteiger partial charge in [0.25, 0.3) is 11.8 Å². The van der Waals surface area contributed by atoms with E-state index in [4.69, 9.17) is 4.74 Å². The summed E-state index contributed by atoms with van der Waals surface area (Å²) in [4.78, 5) is 51.9. The molecule has 0 bridgehead atoms. The molecule has 0 spiro atoms. The molecule has 1 aliphatic rings. The smallest absolute Gasteiger partial charge is 0.337 e. The number of amides is 4. The largest absolute Gasteiger partial charge is 0.465 e. The summed E-state index contributed by atoms with van der Waals surface area (Å²) in [5, 5.41) is 3.13. The minimum atomic E-state index is -0.782. The number of imide groups is 2. The van der Waals surface area contributed by atoms with Crippen molar-refractivity contribution in [2.24, 2.45) is 0 Å². The number of urea groups is 1. The lowest BCUT2D eigenvalue weighted by Crippen LogP contribution is -2.54. The summed E-state index contributed by atoms with van der Waals surface area (Å²) in [6.07, 6.45) is 3.37. The van der Waals surface area contributed by atoms with Crippen LogP contribution in [0.3, 0.4) is 0 Å². The summed E-state index contributed by atoms with van der Waals surface area (Å²) in [7, 11) is 1.34. The van der Waals surface area contributed by atoms with Gasteiger partial charge in [0.05, 0.1) is 18.4 Å². The third-order valence-corrected chi connectivity index (χ3v) is 6.39. The Morgan fingerprint density at radius 3 is 2.42 bits per heavy atom. The number of hydrogen-bond acceptors (Lipinski definition) is 5. The molecule has 0 atom stereocenters. The number of benzene rings is 3. The van der Waals surface area contributed by atoms with E-state index < -0.39 is 23.8 Å². The number of esters is 1. The Hall–Kier alpha value is -4.98. The minimum Gasteiger partial charge on any atom is -0.465 e. The summed E-state index contributed by atoms with van der Waals surface area (Å²) in [5.41, 5.74) is 4.91. The number of nitrogens with one attached hydrogen (secondary N) is 1. The highest BCUT2D eigenvalue weighted by Gasteiger charge is 2.37. The fourth-order valence-corrected chi connectivity index (χ4v) is 4.76. The first-order valence-electron chi connectivity index (χ1n) is 12.0. The van der Waals surface area contributed by atoms with Crippen LogP contribution in [0.15, 0.2) is 78.5 Å². The van der Waals surface area contributed by atoms with Crippen molar-refractivity contribution in [2.45, 2.75) is 20.4 Å². The molecule has 190 valence electrons. The standard InChI is InChI=1S/C30H25N3O5/c1-18-11-19(2)13-23(12-18)33-28(35)25(27(34)31-30(33)37)15-22-17-32(26-10-5-4-9-24(22)26)16-20-7-6-8-21(14-20)29(36)38-3/h4-15,17H,16H2,1-3H3,(H,31,34,37)/b25-15+. The van der Waals surface area contributed by atoms with Gasteiger partial charge in [-0.05, 0) is 66.9 Å². The minimum absolute atomic E-state index is 0.139. The van der Waals surface area contributed by atoms with Gasteiger partial charge in [0.1, 0.15) is 5.57 Å². The number of barbiturate groups is 1. The Labute approximate surface area is 219 Å². The number of nitrogens with zero attached hydrogens (tertiary/aromatic N) is 2. The Balaban J connectivity index is 1.55. The van der Waals surface area contributed by atoms with Crippen LogP contribution >= 0.6 is 0 Å². The van der Waals surface area contributed by atoms with E-state index in [0.29, 0.717) is 23.4 Å². The van der Waals surface area contributed by atoms with Crippen LogP contribution in [0.25, 0.3) is 17.0 Å². The molecule has 38 heavy (non-hydrogen) atoms. The molecule has 1 saturated heterocycles. The highest BCUT2D eigenvalue weighted by molar-refractivity contribution is 6.39. The van der Waals surface area contributed by atoms with Crippen molar-refractivity contribution in [1.82, 2.24) is 9.88 Å². The van der Waals surface area contributed by atoms with Gasteiger partial charge in [0, 0.05) is 29.2 Å². The third-order valence-electron chi connectivity index (χ3n) is 6.39. The van der Waals surface area contributed by atoms with E-state index in [2.05, 4.69) is 5.32 Å². The molecule has 8 heteroatoms. The molecule has 1 fully saturated rings. The van der Waals surface area contributed by atoms with Gasteiger partial charge in [-0.25, -0.2) is 14.5 Å². The van der Waals surface area contributed by atoms with Crippen LogP contribution < -0.4 is 10.2 Å². The Bertz CT molecular complexity index is 1640. The van der Waals surface area contributed by atoms with E-state index in [0.717, 1.165) is 32.5 Å². The van der Waals surface area contributed by atoms with Crippen molar-refractivity contribution in [3.8, 4) is 0 Å². The Morgan fingerprint density at radius 2 is 1.68 bits per heavy atom. The van der Waals surface area contributed by atoms with Gasteiger partial charge in [-0.1, -0.05) is 36.4 Å². The zero-order valence-corrected chi connectivity index (χ0v) is 21.1. The van der Waals surface area contributed by atoms with Crippen molar-refractivity contribution >= 4 is 46.5 Å². The average Bonchev–Trinajstić information content (AvgIpc) is 3.22. The summed E-state index contributed by atoms with van der Waals surface area (Å²) >= 11 is 0. The third kappa shape index (κ3) is 4.59. The predicted octanol–water partition coefficient (Wildman–Crippen LogP) is 4.76. The van der Waals surface area contributed by atoms with Gasteiger partial charge >= 0.3 is 12.0 Å². The molecule has 8 nitrogen and oxygen atoms in total. The van der Waals surface area contributed by atoms with Gasteiger partial charge < -0.3 is 9.30 Å². The average molecular weight is 508 g/mol. The summed E-state index contributed by atoms with van der Waals surface area (Å²) in [5.74, 6) is -1.85. The maximum atomic E-state index is 13.5. The Kier molecular flexibility index (Phi) is 6.38. The maximum Gasteiger partial charge on any atom is 0.337 e. The number of aromatic nitrogens is 1. The van der Waals surface area contributed by atoms with Gasteiger partial charge in [-0.3, -0.25) is 14.9 Å². The number of carbonyl (C=O) groups excluding carboxylic acids is 4. The van der Waals surface area contributed by atoms with Crippen molar-refractivity contribution in [3.63, 3.8) is 0 Å². The number of para-hydroxylation sites is 1. The number of anilines is 1. The molecule has 2 heterocycles. The summed E-state index contributed by atoms with van der Waals surface area (Å²) in [6.45, 7) is 4.20. The molecule has 0 saturated carbocycles. The molecule has 1 aliphatic heterocycles. The first kappa shape index (κ1) is 24.7. The monoisotopic (exact) mass is 507 g/mol. The van der Waals surface area contributed by atoms with Crippen LogP contribution in [0, 0.1) is 13.8 Å². The van der Waals surface area contributed by atoms with E-state index in [1.54, 1.807) is 30.3 Å². The number of ether oxygens (including phenoxy) is 1. The molecule has 5 rings (SSSR count).